The fraction of sp³-hybridized carbons (Fsp3) is 0.438. The molecule has 0 saturated heterocycles. The van der Waals surface area contributed by atoms with Crippen molar-refractivity contribution < 1.29 is 0 Å². The minimum Gasteiger partial charge on any atom is -0.355 e. The summed E-state index contributed by atoms with van der Waals surface area (Å²) in [5.41, 5.74) is 2.24. The molecule has 0 aliphatic rings. The zero-order valence-corrected chi connectivity index (χ0v) is 13.0. The maximum atomic E-state index is 4.38. The normalized spacial score (nSPS) is 12.4. The minimum atomic E-state index is 0.411. The van der Waals surface area contributed by atoms with Gasteiger partial charge in [-0.15, -0.1) is 0 Å². The molecule has 0 bridgehead atoms. The molecule has 0 fully saturated rings. The Hall–Kier alpha value is -2.01. The van der Waals surface area contributed by atoms with Crippen molar-refractivity contribution in [3.8, 4) is 0 Å². The van der Waals surface area contributed by atoms with Gasteiger partial charge in [-0.05, 0) is 33.0 Å². The molecule has 1 atom stereocenters. The summed E-state index contributed by atoms with van der Waals surface area (Å²) in [5, 5.41) is 3.10. The third kappa shape index (κ3) is 4.79. The van der Waals surface area contributed by atoms with Crippen LogP contribution in [0.2, 0.25) is 0 Å². The molecule has 0 aliphatic carbocycles. The molecule has 2 aromatic rings. The van der Waals surface area contributed by atoms with Gasteiger partial charge in [-0.2, -0.15) is 0 Å². The first kappa shape index (κ1) is 15.4. The number of hydrogen-bond donors (Lipinski definition) is 1. The van der Waals surface area contributed by atoms with Crippen LogP contribution in [-0.2, 0) is 13.0 Å². The number of nitrogens with zero attached hydrogens (tertiary/aromatic N) is 4. The highest BCUT2D eigenvalue weighted by Crippen LogP contribution is 2.09. The fourth-order valence-electron chi connectivity index (χ4n) is 2.11. The van der Waals surface area contributed by atoms with Crippen LogP contribution in [0.1, 0.15) is 25.1 Å². The third-order valence-corrected chi connectivity index (χ3v) is 3.46. The maximum Gasteiger partial charge on any atom is 0.222 e. The van der Waals surface area contributed by atoms with Crippen LogP contribution in [0.3, 0.4) is 0 Å². The van der Waals surface area contributed by atoms with Crippen LogP contribution >= 0.6 is 0 Å². The van der Waals surface area contributed by atoms with E-state index in [0.29, 0.717) is 12.0 Å². The van der Waals surface area contributed by atoms with Crippen LogP contribution < -0.4 is 5.32 Å². The molecule has 112 valence electrons. The molecule has 0 radical (unpaired) electrons. The molecule has 1 N–H and O–H groups in total. The number of rotatable bonds is 7. The van der Waals surface area contributed by atoms with Crippen molar-refractivity contribution in [2.75, 3.05) is 18.9 Å². The van der Waals surface area contributed by atoms with Gasteiger partial charge < -0.3 is 5.32 Å². The lowest BCUT2D eigenvalue weighted by atomic mass is 10.1. The summed E-state index contributed by atoms with van der Waals surface area (Å²) in [5.74, 6) is 0.686. The van der Waals surface area contributed by atoms with Crippen molar-refractivity contribution in [1.29, 1.82) is 0 Å². The molecule has 0 unspecified atom stereocenters. The van der Waals surface area contributed by atoms with Crippen LogP contribution in [-0.4, -0.2) is 39.5 Å². The monoisotopic (exact) mass is 285 g/mol. The zero-order valence-electron chi connectivity index (χ0n) is 13.0. The molecule has 5 heteroatoms. The van der Waals surface area contributed by atoms with Gasteiger partial charge in [-0.25, -0.2) is 9.97 Å². The number of aromatic nitrogens is 3. The Bertz CT molecular complexity index is 526. The van der Waals surface area contributed by atoms with Crippen LogP contribution in [0.5, 0.6) is 0 Å². The van der Waals surface area contributed by atoms with E-state index >= 15 is 0 Å². The highest BCUT2D eigenvalue weighted by atomic mass is 15.1. The predicted octanol–water partition coefficient (Wildman–Crippen LogP) is 2.37. The lowest BCUT2D eigenvalue weighted by Gasteiger charge is -2.24. The van der Waals surface area contributed by atoms with E-state index in [-0.39, 0.29) is 0 Å². The number of hydrogen-bond acceptors (Lipinski definition) is 5. The van der Waals surface area contributed by atoms with Crippen LogP contribution in [0.15, 0.2) is 36.8 Å². The average molecular weight is 285 g/mol. The van der Waals surface area contributed by atoms with Crippen molar-refractivity contribution >= 4 is 5.95 Å². The molecule has 0 aromatic carbocycles. The van der Waals surface area contributed by atoms with Gasteiger partial charge in [-0.3, -0.25) is 9.88 Å². The smallest absolute Gasteiger partial charge is 0.222 e. The van der Waals surface area contributed by atoms with Gasteiger partial charge in [0.05, 0.1) is 0 Å². The van der Waals surface area contributed by atoms with Gasteiger partial charge in [0.15, 0.2) is 0 Å². The highest BCUT2D eigenvalue weighted by Gasteiger charge is 2.11. The first-order valence-corrected chi connectivity index (χ1v) is 7.34. The van der Waals surface area contributed by atoms with Gasteiger partial charge in [0, 0.05) is 55.4 Å². The van der Waals surface area contributed by atoms with Gasteiger partial charge in [0.2, 0.25) is 5.95 Å². The highest BCUT2D eigenvalue weighted by molar-refractivity contribution is 5.24. The lowest BCUT2D eigenvalue weighted by molar-refractivity contribution is 0.246. The van der Waals surface area contributed by atoms with Crippen LogP contribution in [0.4, 0.5) is 5.95 Å². The second-order valence-electron chi connectivity index (χ2n) is 5.23. The van der Waals surface area contributed by atoms with Crippen LogP contribution in [0.25, 0.3) is 0 Å². The third-order valence-electron chi connectivity index (χ3n) is 3.46. The lowest BCUT2D eigenvalue weighted by Crippen LogP contribution is -2.30. The summed E-state index contributed by atoms with van der Waals surface area (Å²) in [6.45, 7) is 5.91. The van der Waals surface area contributed by atoms with Crippen molar-refractivity contribution in [2.24, 2.45) is 0 Å². The number of pyridine rings is 1. The van der Waals surface area contributed by atoms with E-state index in [4.69, 9.17) is 0 Å². The number of nitrogens with one attached hydrogen (secondary N) is 1. The largest absolute Gasteiger partial charge is 0.355 e. The summed E-state index contributed by atoms with van der Waals surface area (Å²) in [4.78, 5) is 15.3. The SMILES string of the molecule is CCNc1ncc(CN(C)[C@@H](C)Cc2ccccn2)cn1. The Morgan fingerprint density at radius 2 is 1.95 bits per heavy atom. The predicted molar refractivity (Wildman–Crippen MR) is 85.1 cm³/mol. The molecule has 0 aliphatic heterocycles. The fourth-order valence-corrected chi connectivity index (χ4v) is 2.11. The van der Waals surface area contributed by atoms with E-state index in [1.165, 1.54) is 0 Å². The molecule has 0 spiro atoms. The quantitative estimate of drug-likeness (QED) is 0.846. The molecule has 2 rings (SSSR count). The zero-order chi connectivity index (χ0) is 15.1. The van der Waals surface area contributed by atoms with Gasteiger partial charge in [0.25, 0.3) is 0 Å². The van der Waals surface area contributed by atoms with E-state index < -0.39 is 0 Å². The van der Waals surface area contributed by atoms with E-state index in [1.54, 1.807) is 0 Å². The summed E-state index contributed by atoms with van der Waals surface area (Å²) in [6.07, 6.45) is 6.55. The Morgan fingerprint density at radius 3 is 2.57 bits per heavy atom. The molecule has 21 heavy (non-hydrogen) atoms. The molecule has 0 saturated carbocycles. The van der Waals surface area contributed by atoms with E-state index in [1.807, 2.05) is 37.6 Å². The number of anilines is 1. The summed E-state index contributed by atoms with van der Waals surface area (Å²) in [7, 11) is 2.12. The maximum absolute atomic E-state index is 4.38. The Morgan fingerprint density at radius 1 is 1.19 bits per heavy atom. The van der Waals surface area contributed by atoms with Crippen molar-refractivity contribution in [3.05, 3.63) is 48.0 Å². The molecule has 2 heterocycles. The summed E-state index contributed by atoms with van der Waals surface area (Å²) >= 11 is 0. The van der Waals surface area contributed by atoms with Gasteiger partial charge in [0.1, 0.15) is 0 Å². The second kappa shape index (κ2) is 7.69. The Labute approximate surface area is 126 Å². The van der Waals surface area contributed by atoms with Gasteiger partial charge in [-0.1, -0.05) is 6.07 Å². The molecule has 2 aromatic heterocycles. The van der Waals surface area contributed by atoms with Crippen molar-refractivity contribution in [3.63, 3.8) is 0 Å². The van der Waals surface area contributed by atoms with Crippen molar-refractivity contribution in [1.82, 2.24) is 19.9 Å². The molecular weight excluding hydrogens is 262 g/mol. The van der Waals surface area contributed by atoms with Crippen molar-refractivity contribution in [2.45, 2.75) is 32.9 Å². The average Bonchev–Trinajstić information content (AvgIpc) is 2.50. The Kier molecular flexibility index (Phi) is 5.63. The number of likely N-dealkylation sites (N-methyl/N-ethyl adjacent to an activating group) is 1. The van der Waals surface area contributed by atoms with Gasteiger partial charge >= 0.3 is 0 Å². The molecule has 5 nitrogen and oxygen atoms in total. The van der Waals surface area contributed by atoms with E-state index in [9.17, 15) is 0 Å². The van der Waals surface area contributed by atoms with Crippen LogP contribution in [0, 0.1) is 0 Å². The topological polar surface area (TPSA) is 53.9 Å². The molecule has 0 amide bonds. The second-order valence-corrected chi connectivity index (χ2v) is 5.23. The van der Waals surface area contributed by atoms with E-state index in [2.05, 4.69) is 45.2 Å². The minimum absolute atomic E-state index is 0.411. The molecular formula is C16H23N5. The first-order chi connectivity index (χ1) is 10.2. The summed E-state index contributed by atoms with van der Waals surface area (Å²) in [6, 6.07) is 6.45. The standard InChI is InChI=1S/C16H23N5/c1-4-17-16-19-10-14(11-20-16)12-21(3)13(2)9-15-7-5-6-8-18-15/h5-8,10-11,13H,4,9,12H2,1-3H3,(H,17,19,20)/t13-/m0/s1. The van der Waals surface area contributed by atoms with E-state index in [0.717, 1.165) is 30.8 Å². The first-order valence-electron chi connectivity index (χ1n) is 7.34. The summed E-state index contributed by atoms with van der Waals surface area (Å²) < 4.78 is 0. The Balaban J connectivity index is 1.89.